The number of benzene rings is 2. The van der Waals surface area contributed by atoms with E-state index in [1.165, 1.54) is 5.56 Å². The van der Waals surface area contributed by atoms with Crippen LogP contribution in [0.4, 0.5) is 4.79 Å². The van der Waals surface area contributed by atoms with Crippen LogP contribution in [0.5, 0.6) is 11.5 Å². The Morgan fingerprint density at radius 1 is 1.18 bits per heavy atom. The van der Waals surface area contributed by atoms with E-state index in [1.54, 1.807) is 24.9 Å². The van der Waals surface area contributed by atoms with E-state index in [1.807, 2.05) is 24.3 Å². The fourth-order valence-electron chi connectivity index (χ4n) is 5.02. The number of rotatable bonds is 5. The number of imide groups is 1. The van der Waals surface area contributed by atoms with E-state index in [4.69, 9.17) is 9.47 Å². The second-order valence-electron chi connectivity index (χ2n) is 9.13. The van der Waals surface area contributed by atoms with Gasteiger partial charge in [-0.2, -0.15) is 0 Å². The van der Waals surface area contributed by atoms with E-state index in [9.17, 15) is 14.4 Å². The fraction of sp³-hybridized carbons (Fsp3) is 0.400. The van der Waals surface area contributed by atoms with Crippen LogP contribution in [0, 0.1) is 0 Å². The van der Waals surface area contributed by atoms with Crippen molar-refractivity contribution in [1.82, 2.24) is 15.1 Å². The molecule has 2 aromatic rings. The summed E-state index contributed by atoms with van der Waals surface area (Å²) in [6.07, 6.45) is 3.14. The maximum Gasteiger partial charge on any atom is 0.325 e. The average molecular weight is 450 g/mol. The Hall–Kier alpha value is -3.55. The zero-order chi connectivity index (χ0) is 23.2. The minimum Gasteiger partial charge on any atom is -0.454 e. The summed E-state index contributed by atoms with van der Waals surface area (Å²) in [4.78, 5) is 41.7. The fourth-order valence-corrected chi connectivity index (χ4v) is 5.02. The predicted molar refractivity (Wildman–Crippen MR) is 120 cm³/mol. The number of hydrogen-bond donors (Lipinski definition) is 1. The summed E-state index contributed by atoms with van der Waals surface area (Å²) in [6, 6.07) is 13.0. The Labute approximate surface area is 192 Å². The summed E-state index contributed by atoms with van der Waals surface area (Å²) >= 11 is 0. The molecule has 1 fully saturated rings. The molecular formula is C25H27N3O5. The number of urea groups is 1. The molecule has 0 saturated carbocycles. The van der Waals surface area contributed by atoms with Gasteiger partial charge in [-0.05, 0) is 55.0 Å². The third kappa shape index (κ3) is 3.79. The van der Waals surface area contributed by atoms with Gasteiger partial charge >= 0.3 is 6.03 Å². The number of fused-ring (bicyclic) bond motifs is 2. The second kappa shape index (κ2) is 8.10. The Kier molecular flexibility index (Phi) is 5.23. The topological polar surface area (TPSA) is 88.2 Å². The van der Waals surface area contributed by atoms with E-state index in [-0.39, 0.29) is 31.7 Å². The molecule has 1 aliphatic carbocycles. The molecule has 5 rings (SSSR count). The average Bonchev–Trinajstić information content (AvgIpc) is 3.36. The van der Waals surface area contributed by atoms with E-state index >= 15 is 0 Å². The van der Waals surface area contributed by atoms with Crippen molar-refractivity contribution in [3.63, 3.8) is 0 Å². The minimum atomic E-state index is -1.14. The van der Waals surface area contributed by atoms with Crippen LogP contribution in [0.1, 0.15) is 42.5 Å². The largest absolute Gasteiger partial charge is 0.454 e. The molecule has 0 aromatic heterocycles. The van der Waals surface area contributed by atoms with Gasteiger partial charge in [0.25, 0.3) is 5.91 Å². The second-order valence-corrected chi connectivity index (χ2v) is 9.13. The molecule has 8 heteroatoms. The lowest BCUT2D eigenvalue weighted by Gasteiger charge is -2.34. The third-order valence-electron chi connectivity index (χ3n) is 6.83. The summed E-state index contributed by atoms with van der Waals surface area (Å²) < 4.78 is 10.7. The van der Waals surface area contributed by atoms with E-state index in [0.29, 0.717) is 11.5 Å². The van der Waals surface area contributed by atoms with Crippen molar-refractivity contribution in [1.29, 1.82) is 0 Å². The number of nitrogens with one attached hydrogen (secondary N) is 1. The smallest absolute Gasteiger partial charge is 0.325 e. The molecule has 8 nitrogen and oxygen atoms in total. The van der Waals surface area contributed by atoms with Crippen LogP contribution in [0.25, 0.3) is 0 Å². The first-order valence-corrected chi connectivity index (χ1v) is 11.2. The van der Waals surface area contributed by atoms with E-state index in [2.05, 4.69) is 17.4 Å². The summed E-state index contributed by atoms with van der Waals surface area (Å²) in [5, 5.41) is 2.78. The van der Waals surface area contributed by atoms with E-state index < -0.39 is 17.5 Å². The quantitative estimate of drug-likeness (QED) is 0.710. The van der Waals surface area contributed by atoms with Gasteiger partial charge in [0, 0.05) is 13.5 Å². The number of amides is 4. The molecule has 1 saturated heterocycles. The van der Waals surface area contributed by atoms with Gasteiger partial charge in [0.15, 0.2) is 11.5 Å². The van der Waals surface area contributed by atoms with Gasteiger partial charge in [-0.15, -0.1) is 0 Å². The molecule has 3 aliphatic rings. The number of likely N-dealkylation sites (N-methyl/N-ethyl adjacent to an activating group) is 1. The molecule has 2 aromatic carbocycles. The van der Waals surface area contributed by atoms with Crippen molar-refractivity contribution in [2.75, 3.05) is 20.4 Å². The number of aryl methyl sites for hydroxylation is 1. The molecule has 2 atom stereocenters. The Morgan fingerprint density at radius 3 is 2.82 bits per heavy atom. The van der Waals surface area contributed by atoms with Crippen LogP contribution >= 0.6 is 0 Å². The lowest BCUT2D eigenvalue weighted by atomic mass is 9.87. The molecule has 1 N–H and O–H groups in total. The summed E-state index contributed by atoms with van der Waals surface area (Å²) in [7, 11) is 1.75. The van der Waals surface area contributed by atoms with Gasteiger partial charge in [-0.25, -0.2) is 4.79 Å². The third-order valence-corrected chi connectivity index (χ3v) is 6.83. The molecular weight excluding hydrogens is 422 g/mol. The molecule has 172 valence electrons. The zero-order valence-corrected chi connectivity index (χ0v) is 18.8. The van der Waals surface area contributed by atoms with Gasteiger partial charge < -0.3 is 19.7 Å². The maximum atomic E-state index is 13.2. The highest BCUT2D eigenvalue weighted by atomic mass is 16.7. The summed E-state index contributed by atoms with van der Waals surface area (Å²) in [5.74, 6) is 0.614. The summed E-state index contributed by atoms with van der Waals surface area (Å²) in [6.45, 7) is 1.57. The van der Waals surface area contributed by atoms with Gasteiger partial charge in [-0.3, -0.25) is 14.5 Å². The molecule has 4 amide bonds. The zero-order valence-electron chi connectivity index (χ0n) is 18.8. The highest BCUT2D eigenvalue weighted by Crippen LogP contribution is 2.35. The van der Waals surface area contributed by atoms with Gasteiger partial charge in [0.1, 0.15) is 12.1 Å². The predicted octanol–water partition coefficient (Wildman–Crippen LogP) is 2.80. The molecule has 0 spiro atoms. The highest BCUT2D eigenvalue weighted by Gasteiger charge is 2.48. The van der Waals surface area contributed by atoms with Crippen molar-refractivity contribution >= 4 is 17.8 Å². The molecule has 0 unspecified atom stereocenters. The van der Waals surface area contributed by atoms with Crippen molar-refractivity contribution in [3.05, 3.63) is 59.2 Å². The van der Waals surface area contributed by atoms with Crippen LogP contribution < -0.4 is 14.8 Å². The van der Waals surface area contributed by atoms with Crippen molar-refractivity contribution in [2.45, 2.75) is 44.2 Å². The number of nitrogens with zero attached hydrogens (tertiary/aromatic N) is 2. The maximum absolute atomic E-state index is 13.2. The molecule has 33 heavy (non-hydrogen) atoms. The van der Waals surface area contributed by atoms with Crippen molar-refractivity contribution in [3.8, 4) is 11.5 Å². The van der Waals surface area contributed by atoms with Crippen LogP contribution in [0.15, 0.2) is 42.5 Å². The van der Waals surface area contributed by atoms with Crippen LogP contribution in [0.2, 0.25) is 0 Å². The first-order valence-electron chi connectivity index (χ1n) is 11.2. The molecule has 2 aliphatic heterocycles. The standard InChI is InChI=1S/C25H27N3O5/c1-25(13-16-10-11-20-21(12-16)33-15-32-20)23(30)28(24(31)26-25)14-22(29)27(2)19-9-5-7-17-6-3-4-8-18(17)19/h3-4,6,8,10-12,19H,5,7,9,13-15H2,1-2H3,(H,26,31)/t19-,25+/m1/s1. The highest BCUT2D eigenvalue weighted by molar-refractivity contribution is 6.09. The lowest BCUT2D eigenvalue weighted by Crippen LogP contribution is -2.47. The molecule has 0 bridgehead atoms. The number of hydrogen-bond acceptors (Lipinski definition) is 5. The Bertz CT molecular complexity index is 1130. The van der Waals surface area contributed by atoms with Gasteiger partial charge in [-0.1, -0.05) is 30.3 Å². The number of ether oxygens (including phenoxy) is 2. The first kappa shape index (κ1) is 21.3. The van der Waals surface area contributed by atoms with Crippen LogP contribution in [-0.2, 0) is 22.4 Å². The van der Waals surface area contributed by atoms with Crippen LogP contribution in [0.3, 0.4) is 0 Å². The van der Waals surface area contributed by atoms with Crippen molar-refractivity contribution in [2.24, 2.45) is 0 Å². The van der Waals surface area contributed by atoms with Crippen molar-refractivity contribution < 1.29 is 23.9 Å². The Morgan fingerprint density at radius 2 is 1.97 bits per heavy atom. The van der Waals surface area contributed by atoms with Crippen LogP contribution in [-0.4, -0.2) is 53.6 Å². The molecule has 2 heterocycles. The number of carbonyl (C=O) groups excluding carboxylic acids is 3. The first-order chi connectivity index (χ1) is 15.9. The normalized spacial score (nSPS) is 23.3. The summed E-state index contributed by atoms with van der Waals surface area (Å²) in [5.41, 5.74) is 2.09. The Balaban J connectivity index is 1.29. The van der Waals surface area contributed by atoms with E-state index in [0.717, 1.165) is 35.3 Å². The molecule has 0 radical (unpaired) electrons. The SMILES string of the molecule is CN(C(=O)CN1C(=O)N[C@@](C)(Cc2ccc3c(c2)OCO3)C1=O)[C@@H]1CCCc2ccccc21. The van der Waals surface area contributed by atoms with Gasteiger partial charge in [0.05, 0.1) is 6.04 Å². The van der Waals surface area contributed by atoms with Gasteiger partial charge in [0.2, 0.25) is 12.7 Å². The number of carbonyl (C=O) groups is 3. The minimum absolute atomic E-state index is 0.0526. The lowest BCUT2D eigenvalue weighted by molar-refractivity contribution is -0.139. The monoisotopic (exact) mass is 449 g/mol.